The molecule has 1 atom stereocenters. The quantitative estimate of drug-likeness (QED) is 0.925. The largest absolute Gasteiger partial charge is 0.323 e. The molecular weight excluding hydrogens is 322 g/mol. The van der Waals surface area contributed by atoms with Gasteiger partial charge in [0, 0.05) is 50.0 Å². The molecule has 0 radical (unpaired) electrons. The summed E-state index contributed by atoms with van der Waals surface area (Å²) < 4.78 is 0. The third-order valence-electron chi connectivity index (χ3n) is 4.44. The van der Waals surface area contributed by atoms with Crippen molar-refractivity contribution in [3.05, 3.63) is 41.2 Å². The van der Waals surface area contributed by atoms with Crippen LogP contribution in [0, 0.1) is 0 Å². The second-order valence-electron chi connectivity index (χ2n) is 5.91. The van der Waals surface area contributed by atoms with Gasteiger partial charge in [-0.25, -0.2) is 9.78 Å². The van der Waals surface area contributed by atoms with Gasteiger partial charge in [0.05, 0.1) is 5.69 Å². The summed E-state index contributed by atoms with van der Waals surface area (Å²) >= 11 is 1.48. The molecule has 2 amide bonds. The first-order valence-corrected chi connectivity index (χ1v) is 9.19. The number of aromatic nitrogens is 2. The molecule has 1 aliphatic rings. The van der Waals surface area contributed by atoms with Crippen molar-refractivity contribution in [2.75, 3.05) is 31.5 Å². The summed E-state index contributed by atoms with van der Waals surface area (Å²) in [5.41, 5.74) is 2.23. The standard InChI is InChI=1S/C17H23N5OS/c1-3-15-12-24-16(19-15)20-17(23)22-9-7-21(8-10-22)13(2)14-5-4-6-18-11-14/h4-6,11-13H,3,7-10H2,1-2H3,(H,19,20,23)/t13-/m0/s1. The predicted octanol–water partition coefficient (Wildman–Crippen LogP) is 3.01. The third-order valence-corrected chi connectivity index (χ3v) is 5.25. The van der Waals surface area contributed by atoms with Crippen molar-refractivity contribution in [1.82, 2.24) is 19.8 Å². The number of aryl methyl sites for hydroxylation is 1. The molecule has 7 heteroatoms. The topological polar surface area (TPSA) is 61.4 Å². The summed E-state index contributed by atoms with van der Waals surface area (Å²) in [4.78, 5) is 25.2. The number of piperazine rings is 1. The monoisotopic (exact) mass is 345 g/mol. The van der Waals surface area contributed by atoms with Gasteiger partial charge in [0.2, 0.25) is 0 Å². The maximum Gasteiger partial charge on any atom is 0.323 e. The van der Waals surface area contributed by atoms with Gasteiger partial charge in [-0.3, -0.25) is 15.2 Å². The second kappa shape index (κ2) is 7.72. The van der Waals surface area contributed by atoms with E-state index in [0.29, 0.717) is 11.2 Å². The van der Waals surface area contributed by atoms with Crippen LogP contribution in [0.1, 0.15) is 31.1 Å². The number of hydrogen-bond acceptors (Lipinski definition) is 5. The lowest BCUT2D eigenvalue weighted by Gasteiger charge is -2.37. The molecule has 1 fully saturated rings. The van der Waals surface area contributed by atoms with E-state index in [1.165, 1.54) is 16.9 Å². The number of anilines is 1. The maximum atomic E-state index is 12.4. The number of nitrogens with one attached hydrogen (secondary N) is 1. The highest BCUT2D eigenvalue weighted by molar-refractivity contribution is 7.13. The number of amides is 2. The minimum atomic E-state index is -0.0549. The van der Waals surface area contributed by atoms with E-state index in [-0.39, 0.29) is 6.03 Å². The van der Waals surface area contributed by atoms with Crippen LogP contribution >= 0.6 is 11.3 Å². The van der Waals surface area contributed by atoms with Gasteiger partial charge in [-0.05, 0) is 25.0 Å². The number of pyridine rings is 1. The number of carbonyl (C=O) groups excluding carboxylic acids is 1. The Bertz CT molecular complexity index is 667. The van der Waals surface area contributed by atoms with E-state index in [1.807, 2.05) is 22.5 Å². The average Bonchev–Trinajstić information content (AvgIpc) is 3.09. The van der Waals surface area contributed by atoms with Crippen molar-refractivity contribution < 1.29 is 4.79 Å². The van der Waals surface area contributed by atoms with Crippen molar-refractivity contribution in [3.8, 4) is 0 Å². The van der Waals surface area contributed by atoms with E-state index in [2.05, 4.69) is 40.1 Å². The smallest absolute Gasteiger partial charge is 0.322 e. The number of thiazole rings is 1. The Hall–Kier alpha value is -1.99. The maximum absolute atomic E-state index is 12.4. The zero-order valence-corrected chi connectivity index (χ0v) is 14.9. The van der Waals surface area contributed by atoms with Crippen LogP contribution in [0.4, 0.5) is 9.93 Å². The summed E-state index contributed by atoms with van der Waals surface area (Å²) in [5, 5.41) is 5.58. The lowest BCUT2D eigenvalue weighted by atomic mass is 10.1. The molecule has 0 saturated carbocycles. The van der Waals surface area contributed by atoms with E-state index in [4.69, 9.17) is 0 Å². The highest BCUT2D eigenvalue weighted by Crippen LogP contribution is 2.21. The fourth-order valence-corrected chi connectivity index (χ4v) is 3.63. The van der Waals surface area contributed by atoms with Crippen molar-refractivity contribution in [2.24, 2.45) is 0 Å². The summed E-state index contributed by atoms with van der Waals surface area (Å²) in [6.07, 6.45) is 4.59. The molecule has 3 heterocycles. The molecule has 1 saturated heterocycles. The minimum Gasteiger partial charge on any atom is -0.322 e. The fourth-order valence-electron chi connectivity index (χ4n) is 2.84. The SMILES string of the molecule is CCc1csc(NC(=O)N2CCN([C@@H](C)c3cccnc3)CC2)n1. The van der Waals surface area contributed by atoms with Gasteiger partial charge < -0.3 is 4.90 Å². The molecule has 2 aromatic heterocycles. The molecule has 3 rings (SSSR count). The molecule has 1 aliphatic heterocycles. The summed E-state index contributed by atoms with van der Waals surface area (Å²) in [6.45, 7) is 7.42. The fraction of sp³-hybridized carbons (Fsp3) is 0.471. The molecule has 1 N–H and O–H groups in total. The predicted molar refractivity (Wildman–Crippen MR) is 96.3 cm³/mol. The van der Waals surface area contributed by atoms with Crippen molar-refractivity contribution >= 4 is 22.5 Å². The van der Waals surface area contributed by atoms with E-state index >= 15 is 0 Å². The highest BCUT2D eigenvalue weighted by atomic mass is 32.1. The second-order valence-corrected chi connectivity index (χ2v) is 6.77. The first-order chi connectivity index (χ1) is 11.7. The number of nitrogens with zero attached hydrogens (tertiary/aromatic N) is 4. The Morgan fingerprint density at radius 3 is 2.79 bits per heavy atom. The molecule has 6 nitrogen and oxygen atoms in total. The van der Waals surface area contributed by atoms with Crippen molar-refractivity contribution in [1.29, 1.82) is 0 Å². The van der Waals surface area contributed by atoms with Gasteiger partial charge in [0.1, 0.15) is 0 Å². The lowest BCUT2D eigenvalue weighted by Crippen LogP contribution is -2.50. The lowest BCUT2D eigenvalue weighted by molar-refractivity contribution is 0.119. The van der Waals surface area contributed by atoms with Gasteiger partial charge in [-0.15, -0.1) is 11.3 Å². The Morgan fingerprint density at radius 2 is 2.17 bits per heavy atom. The van der Waals surface area contributed by atoms with Gasteiger partial charge >= 0.3 is 6.03 Å². The number of rotatable bonds is 4. The zero-order chi connectivity index (χ0) is 16.9. The van der Waals surface area contributed by atoms with Crippen molar-refractivity contribution in [2.45, 2.75) is 26.3 Å². The van der Waals surface area contributed by atoms with Crippen LogP contribution in [0.25, 0.3) is 0 Å². The molecular formula is C17H23N5OS. The Kier molecular flexibility index (Phi) is 5.42. The first kappa shape index (κ1) is 16.9. The van der Waals surface area contributed by atoms with E-state index < -0.39 is 0 Å². The Balaban J connectivity index is 1.52. The van der Waals surface area contributed by atoms with Gasteiger partial charge in [-0.2, -0.15) is 0 Å². The van der Waals surface area contributed by atoms with Gasteiger partial charge in [-0.1, -0.05) is 13.0 Å². The normalized spacial score (nSPS) is 16.8. The van der Waals surface area contributed by atoms with Crippen LogP contribution in [0.15, 0.2) is 29.9 Å². The number of carbonyl (C=O) groups is 1. The van der Waals surface area contributed by atoms with Crippen LogP contribution in [-0.2, 0) is 6.42 Å². The van der Waals surface area contributed by atoms with Crippen LogP contribution in [-0.4, -0.2) is 52.0 Å². The van der Waals surface area contributed by atoms with E-state index in [0.717, 1.165) is 38.3 Å². The molecule has 0 spiro atoms. The molecule has 128 valence electrons. The molecule has 24 heavy (non-hydrogen) atoms. The molecule has 0 aromatic carbocycles. The Morgan fingerprint density at radius 1 is 1.38 bits per heavy atom. The number of hydrogen-bond donors (Lipinski definition) is 1. The molecule has 0 unspecified atom stereocenters. The van der Waals surface area contributed by atoms with Crippen molar-refractivity contribution in [3.63, 3.8) is 0 Å². The number of urea groups is 1. The first-order valence-electron chi connectivity index (χ1n) is 8.31. The van der Waals surface area contributed by atoms with Crippen LogP contribution in [0.5, 0.6) is 0 Å². The van der Waals surface area contributed by atoms with Crippen LogP contribution < -0.4 is 5.32 Å². The summed E-state index contributed by atoms with van der Waals surface area (Å²) in [6, 6.07) is 4.33. The zero-order valence-electron chi connectivity index (χ0n) is 14.1. The van der Waals surface area contributed by atoms with E-state index in [9.17, 15) is 4.79 Å². The summed E-state index contributed by atoms with van der Waals surface area (Å²) in [5.74, 6) is 0. The van der Waals surface area contributed by atoms with E-state index in [1.54, 1.807) is 6.20 Å². The minimum absolute atomic E-state index is 0.0549. The molecule has 2 aromatic rings. The molecule has 0 aliphatic carbocycles. The van der Waals surface area contributed by atoms with Crippen LogP contribution in [0.3, 0.4) is 0 Å². The van der Waals surface area contributed by atoms with Crippen LogP contribution in [0.2, 0.25) is 0 Å². The third kappa shape index (κ3) is 3.91. The molecule has 0 bridgehead atoms. The Labute approximate surface area is 146 Å². The summed E-state index contributed by atoms with van der Waals surface area (Å²) in [7, 11) is 0. The highest BCUT2D eigenvalue weighted by Gasteiger charge is 2.25. The van der Waals surface area contributed by atoms with Gasteiger partial charge in [0.15, 0.2) is 5.13 Å². The van der Waals surface area contributed by atoms with Gasteiger partial charge in [0.25, 0.3) is 0 Å². The average molecular weight is 345 g/mol.